The van der Waals surface area contributed by atoms with Crippen LogP contribution in [0.5, 0.6) is 5.75 Å². The lowest BCUT2D eigenvalue weighted by Gasteiger charge is -2.17. The molecular weight excluding hydrogens is 323 g/mol. The Balaban J connectivity index is 2.40. The number of nitrogens with one attached hydrogen (secondary N) is 1. The van der Waals surface area contributed by atoms with E-state index in [1.165, 1.54) is 10.4 Å². The van der Waals surface area contributed by atoms with Crippen molar-refractivity contribution in [3.8, 4) is 5.75 Å². The maximum atomic E-state index is 12.0. The minimum Gasteiger partial charge on any atom is -0.404 e. The van der Waals surface area contributed by atoms with E-state index in [1.807, 2.05) is 0 Å². The van der Waals surface area contributed by atoms with Gasteiger partial charge in [0.25, 0.3) is 0 Å². The zero-order valence-electron chi connectivity index (χ0n) is 12.2. The number of rotatable bonds is 8. The van der Waals surface area contributed by atoms with Crippen molar-refractivity contribution in [3.63, 3.8) is 0 Å². The Kier molecular flexibility index (Phi) is 6.42. The smallest absolute Gasteiger partial charge is 0.404 e. The molecule has 10 heteroatoms. The lowest BCUT2D eigenvalue weighted by Crippen LogP contribution is -2.31. The van der Waals surface area contributed by atoms with Gasteiger partial charge in [0.2, 0.25) is 10.0 Å². The van der Waals surface area contributed by atoms with Gasteiger partial charge in [-0.25, -0.2) is 17.7 Å². The zero-order valence-corrected chi connectivity index (χ0v) is 13.0. The Hall–Kier alpha value is -1.55. The van der Waals surface area contributed by atoms with Gasteiger partial charge >= 0.3 is 6.36 Å². The second-order valence-corrected chi connectivity index (χ2v) is 6.44. The Morgan fingerprint density at radius 1 is 1.36 bits per heavy atom. The van der Waals surface area contributed by atoms with E-state index in [4.69, 9.17) is 0 Å². The second-order valence-electron chi connectivity index (χ2n) is 4.46. The molecule has 1 aromatic heterocycles. The van der Waals surface area contributed by atoms with Gasteiger partial charge in [0.15, 0.2) is 0 Å². The average Bonchev–Trinajstić information content (AvgIpc) is 2.37. The molecule has 1 aromatic rings. The van der Waals surface area contributed by atoms with Gasteiger partial charge in [0.05, 0.1) is 12.5 Å². The first-order valence-electron chi connectivity index (χ1n) is 6.52. The first-order valence-corrected chi connectivity index (χ1v) is 8.37. The Bertz CT molecular complexity index is 561. The minimum atomic E-state index is -4.74. The predicted octanol–water partition coefficient (Wildman–Crippen LogP) is 2.06. The van der Waals surface area contributed by atoms with E-state index in [0.717, 1.165) is 18.5 Å². The van der Waals surface area contributed by atoms with Gasteiger partial charge in [-0.15, -0.1) is 13.2 Å². The van der Waals surface area contributed by atoms with Crippen LogP contribution < -0.4 is 10.1 Å². The highest BCUT2D eigenvalue weighted by molar-refractivity contribution is 7.88. The summed E-state index contributed by atoms with van der Waals surface area (Å²) in [5.41, 5.74) is 0. The summed E-state index contributed by atoms with van der Waals surface area (Å²) < 4.78 is 63.7. The third-order valence-corrected chi connectivity index (χ3v) is 4.06. The van der Waals surface area contributed by atoms with Gasteiger partial charge in [0, 0.05) is 19.6 Å². The van der Waals surface area contributed by atoms with E-state index in [-0.39, 0.29) is 0 Å². The number of sulfonamides is 1. The standard InChI is InChI=1S/C12H18F3N3O3S/c1-3-18(22(2,19)20)8-4-7-16-11-6-5-10(9-17-11)21-12(13,14)15/h5-6,9H,3-4,7-8H2,1-2H3,(H,16,17). The molecule has 0 unspecified atom stereocenters. The molecule has 0 amide bonds. The number of halogens is 3. The molecule has 0 radical (unpaired) electrons. The molecular formula is C12H18F3N3O3S. The van der Waals surface area contributed by atoms with Crippen molar-refractivity contribution in [1.29, 1.82) is 0 Å². The van der Waals surface area contributed by atoms with Crippen LogP contribution in [0.3, 0.4) is 0 Å². The fraction of sp³-hybridized carbons (Fsp3) is 0.583. The number of alkyl halides is 3. The Morgan fingerprint density at radius 2 is 2.05 bits per heavy atom. The van der Waals surface area contributed by atoms with Crippen molar-refractivity contribution in [2.45, 2.75) is 19.7 Å². The molecule has 6 nitrogen and oxygen atoms in total. The number of nitrogens with zero attached hydrogens (tertiary/aromatic N) is 2. The molecule has 0 aliphatic heterocycles. The fourth-order valence-corrected chi connectivity index (χ4v) is 2.64. The van der Waals surface area contributed by atoms with Crippen molar-refractivity contribution < 1.29 is 26.3 Å². The highest BCUT2D eigenvalue weighted by atomic mass is 32.2. The van der Waals surface area contributed by atoms with Crippen LogP contribution in [0.2, 0.25) is 0 Å². The molecule has 0 aliphatic rings. The maximum absolute atomic E-state index is 12.0. The summed E-state index contributed by atoms with van der Waals surface area (Å²) in [5, 5.41) is 2.90. The van der Waals surface area contributed by atoms with Crippen LogP contribution in [0.4, 0.5) is 19.0 Å². The zero-order chi connectivity index (χ0) is 16.8. The van der Waals surface area contributed by atoms with Crippen molar-refractivity contribution in [2.24, 2.45) is 0 Å². The van der Waals surface area contributed by atoms with Crippen LogP contribution in [0.1, 0.15) is 13.3 Å². The van der Waals surface area contributed by atoms with Crippen molar-refractivity contribution in [2.75, 3.05) is 31.2 Å². The number of ether oxygens (including phenoxy) is 1. The molecule has 0 spiro atoms. The molecule has 0 atom stereocenters. The maximum Gasteiger partial charge on any atom is 0.573 e. The summed E-state index contributed by atoms with van der Waals surface area (Å²) >= 11 is 0. The van der Waals surface area contributed by atoms with E-state index in [2.05, 4.69) is 15.0 Å². The number of hydrogen-bond donors (Lipinski definition) is 1. The summed E-state index contributed by atoms with van der Waals surface area (Å²) in [5.74, 6) is -0.00999. The Morgan fingerprint density at radius 3 is 2.50 bits per heavy atom. The van der Waals surface area contributed by atoms with E-state index >= 15 is 0 Å². The summed E-state index contributed by atoms with van der Waals surface area (Å²) in [7, 11) is -3.22. The molecule has 0 saturated heterocycles. The first kappa shape index (κ1) is 18.5. The second kappa shape index (κ2) is 7.63. The normalized spacial score (nSPS) is 12.5. The highest BCUT2D eigenvalue weighted by Crippen LogP contribution is 2.22. The van der Waals surface area contributed by atoms with Crippen molar-refractivity contribution in [3.05, 3.63) is 18.3 Å². The SMILES string of the molecule is CCN(CCCNc1ccc(OC(F)(F)F)cn1)S(C)(=O)=O. The molecule has 0 aliphatic carbocycles. The lowest BCUT2D eigenvalue weighted by atomic mass is 10.4. The molecule has 1 N–H and O–H groups in total. The van der Waals surface area contributed by atoms with Gasteiger partial charge in [-0.3, -0.25) is 0 Å². The van der Waals surface area contributed by atoms with Crippen molar-refractivity contribution in [1.82, 2.24) is 9.29 Å². The molecule has 0 bridgehead atoms. The summed E-state index contributed by atoms with van der Waals surface area (Å²) in [6.45, 7) is 2.94. The number of hydrogen-bond acceptors (Lipinski definition) is 5. The van der Waals surface area contributed by atoms with Crippen LogP contribution in [0.25, 0.3) is 0 Å². The van der Waals surface area contributed by atoms with Gasteiger partial charge in [-0.05, 0) is 18.6 Å². The van der Waals surface area contributed by atoms with E-state index in [0.29, 0.717) is 31.9 Å². The summed E-state index contributed by atoms with van der Waals surface area (Å²) in [6.07, 6.45) is -2.09. The quantitative estimate of drug-likeness (QED) is 0.733. The molecule has 1 heterocycles. The van der Waals surface area contributed by atoms with E-state index < -0.39 is 22.1 Å². The summed E-state index contributed by atoms with van der Waals surface area (Å²) in [4.78, 5) is 3.78. The average molecular weight is 341 g/mol. The summed E-state index contributed by atoms with van der Waals surface area (Å²) in [6, 6.07) is 2.51. The molecule has 126 valence electrons. The van der Waals surface area contributed by atoms with Crippen LogP contribution in [-0.2, 0) is 10.0 Å². The number of aromatic nitrogens is 1. The monoisotopic (exact) mass is 341 g/mol. The Labute approximate surface area is 127 Å². The van der Waals surface area contributed by atoms with Gasteiger partial charge in [0.1, 0.15) is 11.6 Å². The van der Waals surface area contributed by atoms with Crippen molar-refractivity contribution >= 4 is 15.8 Å². The van der Waals surface area contributed by atoms with Gasteiger partial charge in [-0.1, -0.05) is 6.92 Å². The molecule has 0 aromatic carbocycles. The van der Waals surface area contributed by atoms with E-state index in [9.17, 15) is 21.6 Å². The van der Waals surface area contributed by atoms with E-state index in [1.54, 1.807) is 6.92 Å². The fourth-order valence-electron chi connectivity index (χ4n) is 1.71. The highest BCUT2D eigenvalue weighted by Gasteiger charge is 2.31. The largest absolute Gasteiger partial charge is 0.573 e. The molecule has 0 fully saturated rings. The van der Waals surface area contributed by atoms with Gasteiger partial charge < -0.3 is 10.1 Å². The molecule has 22 heavy (non-hydrogen) atoms. The van der Waals surface area contributed by atoms with Crippen LogP contribution in [0, 0.1) is 0 Å². The van der Waals surface area contributed by atoms with Crippen LogP contribution >= 0.6 is 0 Å². The third-order valence-electron chi connectivity index (χ3n) is 2.68. The van der Waals surface area contributed by atoms with Crippen LogP contribution in [0.15, 0.2) is 18.3 Å². The van der Waals surface area contributed by atoms with Crippen LogP contribution in [-0.4, -0.2) is 50.0 Å². The predicted molar refractivity (Wildman–Crippen MR) is 76.1 cm³/mol. The topological polar surface area (TPSA) is 71.5 Å². The lowest BCUT2D eigenvalue weighted by molar-refractivity contribution is -0.274. The molecule has 0 saturated carbocycles. The first-order chi connectivity index (χ1) is 10.1. The number of pyridine rings is 1. The van der Waals surface area contributed by atoms with Gasteiger partial charge in [-0.2, -0.15) is 0 Å². The third kappa shape index (κ3) is 6.94. The minimum absolute atomic E-state index is 0.359. The number of anilines is 1. The molecule has 1 rings (SSSR count).